The summed E-state index contributed by atoms with van der Waals surface area (Å²) >= 11 is 0. The van der Waals surface area contributed by atoms with Crippen LogP contribution in [0.25, 0.3) is 0 Å². The summed E-state index contributed by atoms with van der Waals surface area (Å²) in [5.41, 5.74) is 10.1. The van der Waals surface area contributed by atoms with Gasteiger partial charge in [-0.3, -0.25) is 0 Å². The zero-order valence-corrected chi connectivity index (χ0v) is 15.5. The Labute approximate surface area is 156 Å². The fourth-order valence-electron chi connectivity index (χ4n) is 6.43. The lowest BCUT2D eigenvalue weighted by molar-refractivity contribution is -0.00648. The fourth-order valence-corrected chi connectivity index (χ4v) is 6.43. The van der Waals surface area contributed by atoms with Crippen LogP contribution in [0, 0.1) is 17.8 Å². The van der Waals surface area contributed by atoms with Crippen molar-refractivity contribution in [1.82, 2.24) is 0 Å². The van der Waals surface area contributed by atoms with Crippen molar-refractivity contribution in [2.24, 2.45) is 23.5 Å². The molecule has 4 aliphatic carbocycles. The third-order valence-corrected chi connectivity index (χ3v) is 7.13. The van der Waals surface area contributed by atoms with Gasteiger partial charge in [0.1, 0.15) is 12.4 Å². The monoisotopic (exact) mass is 347 g/mol. The third-order valence-electron chi connectivity index (χ3n) is 7.13. The van der Waals surface area contributed by atoms with Crippen molar-refractivity contribution in [2.45, 2.75) is 57.1 Å². The van der Waals surface area contributed by atoms with E-state index < -0.39 is 0 Å². The third kappa shape index (κ3) is 2.85. The van der Waals surface area contributed by atoms with Gasteiger partial charge in [0.05, 0.1) is 0 Å². The van der Waals surface area contributed by atoms with Gasteiger partial charge in [-0.05, 0) is 78.9 Å². The zero-order valence-electron chi connectivity index (χ0n) is 15.5. The SMILES string of the molecule is NCc1ccc(C23CC4CC(CC(C4)C2)C3)c(OCc2ccccc2)c1. The number of hydrogen-bond acceptors (Lipinski definition) is 2. The summed E-state index contributed by atoms with van der Waals surface area (Å²) in [5.74, 6) is 3.91. The Hall–Kier alpha value is -1.80. The zero-order chi connectivity index (χ0) is 17.6. The predicted octanol–water partition coefficient (Wildman–Crippen LogP) is 5.19. The minimum absolute atomic E-state index is 0.355. The van der Waals surface area contributed by atoms with Crippen LogP contribution in [0.2, 0.25) is 0 Å². The van der Waals surface area contributed by atoms with E-state index in [4.69, 9.17) is 10.5 Å². The van der Waals surface area contributed by atoms with Crippen LogP contribution in [-0.2, 0) is 18.6 Å². The molecule has 4 bridgehead atoms. The molecule has 2 aromatic rings. The van der Waals surface area contributed by atoms with E-state index in [0.717, 1.165) is 23.5 Å². The summed E-state index contributed by atoms with van der Waals surface area (Å²) in [6.07, 6.45) is 8.51. The summed E-state index contributed by atoms with van der Waals surface area (Å²) in [6, 6.07) is 17.3. The van der Waals surface area contributed by atoms with Gasteiger partial charge in [-0.25, -0.2) is 0 Å². The van der Waals surface area contributed by atoms with Crippen LogP contribution in [0.4, 0.5) is 0 Å². The summed E-state index contributed by atoms with van der Waals surface area (Å²) < 4.78 is 6.40. The molecule has 26 heavy (non-hydrogen) atoms. The lowest BCUT2D eigenvalue weighted by Crippen LogP contribution is -2.48. The van der Waals surface area contributed by atoms with Crippen molar-refractivity contribution in [3.05, 3.63) is 65.2 Å². The molecule has 0 atom stereocenters. The van der Waals surface area contributed by atoms with Crippen LogP contribution >= 0.6 is 0 Å². The molecule has 2 heteroatoms. The van der Waals surface area contributed by atoms with Gasteiger partial charge in [-0.2, -0.15) is 0 Å². The van der Waals surface area contributed by atoms with Gasteiger partial charge in [0.15, 0.2) is 0 Å². The first-order valence-electron chi connectivity index (χ1n) is 10.2. The molecule has 0 saturated heterocycles. The molecule has 0 amide bonds. The quantitative estimate of drug-likeness (QED) is 0.807. The van der Waals surface area contributed by atoms with E-state index in [2.05, 4.69) is 48.5 Å². The maximum absolute atomic E-state index is 6.40. The maximum atomic E-state index is 6.40. The highest BCUT2D eigenvalue weighted by atomic mass is 16.5. The first-order chi connectivity index (χ1) is 12.7. The molecule has 4 aliphatic rings. The molecule has 2 N–H and O–H groups in total. The minimum Gasteiger partial charge on any atom is -0.489 e. The second kappa shape index (κ2) is 6.42. The topological polar surface area (TPSA) is 35.2 Å². The predicted molar refractivity (Wildman–Crippen MR) is 105 cm³/mol. The smallest absolute Gasteiger partial charge is 0.123 e. The number of benzene rings is 2. The molecular weight excluding hydrogens is 318 g/mol. The second-order valence-electron chi connectivity index (χ2n) is 9.01. The normalized spacial score (nSPS) is 32.0. The molecule has 0 heterocycles. The highest BCUT2D eigenvalue weighted by molar-refractivity contribution is 5.44. The van der Waals surface area contributed by atoms with Gasteiger partial charge >= 0.3 is 0 Å². The van der Waals surface area contributed by atoms with Gasteiger partial charge in [0, 0.05) is 12.1 Å². The van der Waals surface area contributed by atoms with Crippen molar-refractivity contribution >= 4 is 0 Å². The van der Waals surface area contributed by atoms with E-state index in [0.29, 0.717) is 18.6 Å². The Balaban J connectivity index is 1.48. The molecule has 0 unspecified atom stereocenters. The van der Waals surface area contributed by atoms with Crippen LogP contribution in [0.5, 0.6) is 5.75 Å². The van der Waals surface area contributed by atoms with Crippen molar-refractivity contribution in [2.75, 3.05) is 0 Å². The molecule has 0 spiro atoms. The standard InChI is InChI=1S/C24H29NO/c25-15-18-6-7-22(23(11-18)26-16-17-4-2-1-3-5-17)24-12-19-8-20(13-24)10-21(9-19)14-24/h1-7,11,19-21H,8-10,12-16,25H2. The van der Waals surface area contributed by atoms with E-state index in [9.17, 15) is 0 Å². The van der Waals surface area contributed by atoms with E-state index in [1.165, 1.54) is 55.2 Å². The molecular formula is C24H29NO. The molecule has 2 aromatic carbocycles. The van der Waals surface area contributed by atoms with Gasteiger partial charge in [0.25, 0.3) is 0 Å². The molecule has 0 aromatic heterocycles. The lowest BCUT2D eigenvalue weighted by Gasteiger charge is -2.57. The van der Waals surface area contributed by atoms with Gasteiger partial charge in [0.2, 0.25) is 0 Å². The van der Waals surface area contributed by atoms with Gasteiger partial charge in [-0.1, -0.05) is 42.5 Å². The Kier molecular flexibility index (Phi) is 4.04. The molecule has 0 radical (unpaired) electrons. The minimum atomic E-state index is 0.355. The fraction of sp³-hybridized carbons (Fsp3) is 0.500. The van der Waals surface area contributed by atoms with Crippen molar-refractivity contribution < 1.29 is 4.74 Å². The first-order valence-corrected chi connectivity index (χ1v) is 10.2. The van der Waals surface area contributed by atoms with Gasteiger partial charge < -0.3 is 10.5 Å². The van der Waals surface area contributed by atoms with Crippen molar-refractivity contribution in [1.29, 1.82) is 0 Å². The Bertz CT molecular complexity index is 747. The van der Waals surface area contributed by atoms with Crippen LogP contribution in [0.1, 0.15) is 55.2 Å². The second-order valence-corrected chi connectivity index (χ2v) is 9.01. The summed E-state index contributed by atoms with van der Waals surface area (Å²) in [7, 11) is 0. The van der Waals surface area contributed by atoms with E-state index >= 15 is 0 Å². The molecule has 136 valence electrons. The number of ether oxygens (including phenoxy) is 1. The molecule has 0 aliphatic heterocycles. The first kappa shape index (κ1) is 16.4. The van der Waals surface area contributed by atoms with Crippen molar-refractivity contribution in [3.8, 4) is 5.75 Å². The lowest BCUT2D eigenvalue weighted by atomic mass is 9.48. The number of rotatable bonds is 5. The molecule has 4 fully saturated rings. The summed E-state index contributed by atoms with van der Waals surface area (Å²) in [5, 5.41) is 0. The summed E-state index contributed by atoms with van der Waals surface area (Å²) in [6.45, 7) is 1.21. The van der Waals surface area contributed by atoms with E-state index in [1.807, 2.05) is 0 Å². The average molecular weight is 348 g/mol. The van der Waals surface area contributed by atoms with E-state index in [-0.39, 0.29) is 0 Å². The summed E-state index contributed by atoms with van der Waals surface area (Å²) in [4.78, 5) is 0. The molecule has 6 rings (SSSR count). The molecule has 4 saturated carbocycles. The number of nitrogens with two attached hydrogens (primary N) is 1. The van der Waals surface area contributed by atoms with Gasteiger partial charge in [-0.15, -0.1) is 0 Å². The largest absolute Gasteiger partial charge is 0.489 e. The van der Waals surface area contributed by atoms with Crippen LogP contribution in [-0.4, -0.2) is 0 Å². The van der Waals surface area contributed by atoms with Crippen LogP contribution < -0.4 is 10.5 Å². The average Bonchev–Trinajstić information content (AvgIpc) is 2.66. The van der Waals surface area contributed by atoms with Crippen molar-refractivity contribution in [3.63, 3.8) is 0 Å². The Morgan fingerprint density at radius 1 is 0.846 bits per heavy atom. The maximum Gasteiger partial charge on any atom is 0.123 e. The van der Waals surface area contributed by atoms with E-state index in [1.54, 1.807) is 0 Å². The highest BCUT2D eigenvalue weighted by Gasteiger charge is 2.52. The molecule has 2 nitrogen and oxygen atoms in total. The van der Waals surface area contributed by atoms with Crippen LogP contribution in [0.15, 0.2) is 48.5 Å². The Morgan fingerprint density at radius 3 is 2.12 bits per heavy atom. The van der Waals surface area contributed by atoms with Crippen LogP contribution in [0.3, 0.4) is 0 Å². The Morgan fingerprint density at radius 2 is 1.50 bits per heavy atom. The highest BCUT2D eigenvalue weighted by Crippen LogP contribution is 2.61. The number of hydrogen-bond donors (Lipinski definition) is 1.